The molecule has 1 saturated heterocycles. The van der Waals surface area contributed by atoms with Crippen LogP contribution >= 0.6 is 0 Å². The van der Waals surface area contributed by atoms with Gasteiger partial charge in [0.2, 0.25) is 5.91 Å². The number of aromatic nitrogens is 2. The third-order valence-corrected chi connectivity index (χ3v) is 2.45. The molecular formula is C10H14N4O. The van der Waals surface area contributed by atoms with Gasteiger partial charge in [0.1, 0.15) is 0 Å². The van der Waals surface area contributed by atoms with Crippen LogP contribution in [0.3, 0.4) is 0 Å². The molecule has 2 N–H and O–H groups in total. The summed E-state index contributed by atoms with van der Waals surface area (Å²) in [6, 6.07) is 3.62. The average molecular weight is 206 g/mol. The second-order valence-corrected chi connectivity index (χ2v) is 3.58. The van der Waals surface area contributed by atoms with Crippen LogP contribution in [-0.2, 0) is 11.3 Å². The minimum Gasteiger partial charge on any atom is -0.349 e. The summed E-state index contributed by atoms with van der Waals surface area (Å²) in [6.45, 7) is 1.38. The molecule has 1 amide bonds. The maximum absolute atomic E-state index is 11.6. The lowest BCUT2D eigenvalue weighted by Gasteiger charge is -2.10. The first-order valence-electron chi connectivity index (χ1n) is 5.14. The van der Waals surface area contributed by atoms with Crippen molar-refractivity contribution in [3.63, 3.8) is 0 Å². The van der Waals surface area contributed by atoms with Crippen LogP contribution in [0.4, 0.5) is 0 Å². The summed E-state index contributed by atoms with van der Waals surface area (Å²) in [4.78, 5) is 11.6. The zero-order valence-corrected chi connectivity index (χ0v) is 8.44. The van der Waals surface area contributed by atoms with Gasteiger partial charge >= 0.3 is 0 Å². The van der Waals surface area contributed by atoms with E-state index in [2.05, 4.69) is 20.8 Å². The molecule has 2 heterocycles. The smallest absolute Gasteiger partial charge is 0.237 e. The highest BCUT2D eigenvalue weighted by atomic mass is 16.2. The zero-order valence-electron chi connectivity index (χ0n) is 8.44. The van der Waals surface area contributed by atoms with Gasteiger partial charge in [-0.15, -0.1) is 0 Å². The van der Waals surface area contributed by atoms with Gasteiger partial charge in [0, 0.05) is 6.20 Å². The van der Waals surface area contributed by atoms with E-state index in [1.807, 2.05) is 12.1 Å². The quantitative estimate of drug-likeness (QED) is 0.721. The van der Waals surface area contributed by atoms with E-state index in [1.165, 1.54) is 0 Å². The zero-order chi connectivity index (χ0) is 10.5. The van der Waals surface area contributed by atoms with Gasteiger partial charge in [0.15, 0.2) is 0 Å². The van der Waals surface area contributed by atoms with Crippen molar-refractivity contribution in [2.45, 2.75) is 25.4 Å². The van der Waals surface area contributed by atoms with Gasteiger partial charge in [-0.05, 0) is 31.5 Å². The number of nitrogens with zero attached hydrogens (tertiary/aromatic N) is 2. The first-order chi connectivity index (χ1) is 7.36. The fraction of sp³-hybridized carbons (Fsp3) is 0.500. The van der Waals surface area contributed by atoms with Crippen molar-refractivity contribution in [3.8, 4) is 0 Å². The monoisotopic (exact) mass is 206 g/mol. The Morgan fingerprint density at radius 1 is 1.67 bits per heavy atom. The topological polar surface area (TPSA) is 66.9 Å². The van der Waals surface area contributed by atoms with Crippen LogP contribution in [0.15, 0.2) is 18.3 Å². The van der Waals surface area contributed by atoms with E-state index >= 15 is 0 Å². The fourth-order valence-corrected chi connectivity index (χ4v) is 1.64. The van der Waals surface area contributed by atoms with Crippen LogP contribution in [0.1, 0.15) is 18.5 Å². The van der Waals surface area contributed by atoms with E-state index in [-0.39, 0.29) is 11.9 Å². The predicted octanol–water partition coefficient (Wildman–Crippen LogP) is -0.155. The SMILES string of the molecule is O=C(NCc1cccnn1)[C@H]1CCCN1. The largest absolute Gasteiger partial charge is 0.349 e. The second kappa shape index (κ2) is 4.84. The molecule has 1 aliphatic heterocycles. The Labute approximate surface area is 88.3 Å². The molecule has 0 saturated carbocycles. The molecule has 0 aliphatic carbocycles. The lowest BCUT2D eigenvalue weighted by atomic mass is 10.2. The Morgan fingerprint density at radius 3 is 3.27 bits per heavy atom. The molecule has 80 valence electrons. The lowest BCUT2D eigenvalue weighted by Crippen LogP contribution is -2.40. The van der Waals surface area contributed by atoms with E-state index in [0.29, 0.717) is 6.54 Å². The molecule has 2 rings (SSSR count). The molecule has 0 spiro atoms. The Morgan fingerprint density at radius 2 is 2.60 bits per heavy atom. The van der Waals surface area contributed by atoms with E-state index in [0.717, 1.165) is 25.1 Å². The van der Waals surface area contributed by atoms with Crippen LogP contribution in [-0.4, -0.2) is 28.7 Å². The molecule has 5 heteroatoms. The molecule has 0 bridgehead atoms. The summed E-state index contributed by atoms with van der Waals surface area (Å²) in [6.07, 6.45) is 3.61. The number of amides is 1. The summed E-state index contributed by atoms with van der Waals surface area (Å²) >= 11 is 0. The average Bonchev–Trinajstić information content (AvgIpc) is 2.81. The molecular weight excluding hydrogens is 192 g/mol. The number of hydrogen-bond acceptors (Lipinski definition) is 4. The Kier molecular flexibility index (Phi) is 3.24. The maximum atomic E-state index is 11.6. The highest BCUT2D eigenvalue weighted by Crippen LogP contribution is 2.04. The van der Waals surface area contributed by atoms with Gasteiger partial charge in [-0.25, -0.2) is 0 Å². The van der Waals surface area contributed by atoms with Crippen LogP contribution in [0.5, 0.6) is 0 Å². The van der Waals surface area contributed by atoms with E-state index in [1.54, 1.807) is 6.20 Å². The fourth-order valence-electron chi connectivity index (χ4n) is 1.64. The summed E-state index contributed by atoms with van der Waals surface area (Å²) in [7, 11) is 0. The first kappa shape index (κ1) is 10.0. The number of carbonyl (C=O) groups is 1. The molecule has 1 aliphatic rings. The molecule has 0 unspecified atom stereocenters. The normalized spacial score (nSPS) is 20.1. The molecule has 0 aromatic carbocycles. The highest BCUT2D eigenvalue weighted by molar-refractivity contribution is 5.81. The highest BCUT2D eigenvalue weighted by Gasteiger charge is 2.21. The predicted molar refractivity (Wildman–Crippen MR) is 54.9 cm³/mol. The Balaban J connectivity index is 1.80. The molecule has 0 radical (unpaired) electrons. The summed E-state index contributed by atoms with van der Waals surface area (Å²) < 4.78 is 0. The van der Waals surface area contributed by atoms with Gasteiger partial charge in [-0.2, -0.15) is 10.2 Å². The van der Waals surface area contributed by atoms with E-state index < -0.39 is 0 Å². The third-order valence-electron chi connectivity index (χ3n) is 2.45. The lowest BCUT2D eigenvalue weighted by molar-refractivity contribution is -0.122. The molecule has 1 atom stereocenters. The van der Waals surface area contributed by atoms with Gasteiger partial charge < -0.3 is 10.6 Å². The maximum Gasteiger partial charge on any atom is 0.237 e. The van der Waals surface area contributed by atoms with Crippen molar-refractivity contribution in [3.05, 3.63) is 24.0 Å². The second-order valence-electron chi connectivity index (χ2n) is 3.58. The molecule has 5 nitrogen and oxygen atoms in total. The minimum atomic E-state index is -0.0262. The van der Waals surface area contributed by atoms with Crippen LogP contribution in [0, 0.1) is 0 Å². The van der Waals surface area contributed by atoms with Crippen LogP contribution in [0.25, 0.3) is 0 Å². The van der Waals surface area contributed by atoms with E-state index in [9.17, 15) is 4.79 Å². The van der Waals surface area contributed by atoms with Crippen LogP contribution < -0.4 is 10.6 Å². The van der Waals surface area contributed by atoms with E-state index in [4.69, 9.17) is 0 Å². The van der Waals surface area contributed by atoms with Gasteiger partial charge in [-0.1, -0.05) is 0 Å². The van der Waals surface area contributed by atoms with Gasteiger partial charge in [-0.3, -0.25) is 4.79 Å². The Hall–Kier alpha value is -1.49. The summed E-state index contributed by atoms with van der Waals surface area (Å²) in [5.41, 5.74) is 0.781. The van der Waals surface area contributed by atoms with Gasteiger partial charge in [0.05, 0.1) is 18.3 Å². The summed E-state index contributed by atoms with van der Waals surface area (Å²) in [5, 5.41) is 13.6. The molecule has 1 fully saturated rings. The molecule has 1 aromatic heterocycles. The van der Waals surface area contributed by atoms with Crippen molar-refractivity contribution < 1.29 is 4.79 Å². The minimum absolute atomic E-state index is 0.0262. The number of nitrogens with one attached hydrogen (secondary N) is 2. The van der Waals surface area contributed by atoms with Gasteiger partial charge in [0.25, 0.3) is 0 Å². The number of carbonyl (C=O) groups excluding carboxylic acids is 1. The molecule has 15 heavy (non-hydrogen) atoms. The third kappa shape index (κ3) is 2.73. The van der Waals surface area contributed by atoms with Crippen molar-refractivity contribution in [1.82, 2.24) is 20.8 Å². The number of hydrogen-bond donors (Lipinski definition) is 2. The molecule has 1 aromatic rings. The number of rotatable bonds is 3. The first-order valence-corrected chi connectivity index (χ1v) is 5.14. The van der Waals surface area contributed by atoms with Crippen molar-refractivity contribution in [1.29, 1.82) is 0 Å². The Bertz CT molecular complexity index is 321. The van der Waals surface area contributed by atoms with Crippen molar-refractivity contribution >= 4 is 5.91 Å². The summed E-state index contributed by atoms with van der Waals surface area (Å²) in [5.74, 6) is 0.0538. The van der Waals surface area contributed by atoms with Crippen molar-refractivity contribution in [2.24, 2.45) is 0 Å². The van der Waals surface area contributed by atoms with Crippen LogP contribution in [0.2, 0.25) is 0 Å². The van der Waals surface area contributed by atoms with Crippen molar-refractivity contribution in [2.75, 3.05) is 6.54 Å². The standard InChI is InChI=1S/C10H14N4O/c15-10(9-4-2-5-11-9)12-7-8-3-1-6-13-14-8/h1,3,6,9,11H,2,4-5,7H2,(H,12,15)/t9-/m1/s1.